The number of ether oxygens (including phenoxy) is 1. The molecule has 1 N–H and O–H groups in total. The maximum atomic E-state index is 13.8. The minimum absolute atomic E-state index is 0.0198. The number of nitrogens with one attached hydrogen (secondary N) is 1. The van der Waals surface area contributed by atoms with Gasteiger partial charge in [0.1, 0.15) is 29.9 Å². The normalized spacial score (nSPS) is 14.2. The van der Waals surface area contributed by atoms with Gasteiger partial charge < -0.3 is 19.4 Å². The monoisotopic (exact) mass is 532 g/mol. The van der Waals surface area contributed by atoms with E-state index in [0.29, 0.717) is 28.5 Å². The number of hydrogen-bond donors (Lipinski definition) is 1. The van der Waals surface area contributed by atoms with Crippen LogP contribution in [-0.4, -0.2) is 50.1 Å². The topological polar surface area (TPSA) is 115 Å². The van der Waals surface area contributed by atoms with E-state index < -0.39 is 17.8 Å². The molecule has 1 fully saturated rings. The lowest BCUT2D eigenvalue weighted by Crippen LogP contribution is -2.46. The first-order chi connectivity index (χ1) is 19.0. The Morgan fingerprint density at radius 2 is 1.87 bits per heavy atom. The Hall–Kier alpha value is -4.54. The molecule has 5 rings (SSSR count). The maximum absolute atomic E-state index is 13.8. The van der Waals surface area contributed by atoms with Crippen molar-refractivity contribution in [2.45, 2.75) is 50.9 Å². The fraction of sp³-hybridized carbons (Fsp3) is 0.321. The number of benzene rings is 2. The molecule has 1 aliphatic carbocycles. The number of furan rings is 1. The molecule has 39 heavy (non-hydrogen) atoms. The summed E-state index contributed by atoms with van der Waals surface area (Å²) < 4.78 is 24.5. The Bertz CT molecular complexity index is 1380. The zero-order valence-corrected chi connectivity index (χ0v) is 21.5. The van der Waals surface area contributed by atoms with E-state index in [2.05, 4.69) is 20.7 Å². The summed E-state index contributed by atoms with van der Waals surface area (Å²) in [5.74, 6) is 0.333. The van der Waals surface area contributed by atoms with E-state index in [1.807, 2.05) is 0 Å². The third-order valence-electron chi connectivity index (χ3n) is 6.75. The summed E-state index contributed by atoms with van der Waals surface area (Å²) in [7, 11) is 1.58. The third kappa shape index (κ3) is 6.31. The zero-order valence-electron chi connectivity index (χ0n) is 21.5. The van der Waals surface area contributed by atoms with Gasteiger partial charge in [0.15, 0.2) is 0 Å². The second-order valence-corrected chi connectivity index (χ2v) is 9.42. The summed E-state index contributed by atoms with van der Waals surface area (Å²) in [6.07, 6.45) is 5.34. The Kier molecular flexibility index (Phi) is 7.95. The molecule has 11 heteroatoms. The molecule has 0 bridgehead atoms. The Labute approximate surface area is 224 Å². The van der Waals surface area contributed by atoms with Gasteiger partial charge in [-0.25, -0.2) is 4.39 Å². The van der Waals surface area contributed by atoms with Crippen LogP contribution in [0.25, 0.3) is 11.4 Å². The second kappa shape index (κ2) is 11.9. The summed E-state index contributed by atoms with van der Waals surface area (Å²) in [5.41, 5.74) is 1.19. The number of aromatic nitrogens is 4. The largest absolute Gasteiger partial charge is 0.497 e. The predicted molar refractivity (Wildman–Crippen MR) is 139 cm³/mol. The van der Waals surface area contributed by atoms with E-state index in [1.54, 1.807) is 43.5 Å². The highest BCUT2D eigenvalue weighted by atomic mass is 19.1. The fourth-order valence-electron chi connectivity index (χ4n) is 4.74. The highest BCUT2D eigenvalue weighted by Gasteiger charge is 2.34. The van der Waals surface area contributed by atoms with Crippen molar-refractivity contribution >= 4 is 11.8 Å². The van der Waals surface area contributed by atoms with Gasteiger partial charge in [-0.1, -0.05) is 25.0 Å². The average Bonchev–Trinajstić information content (AvgIpc) is 3.73. The number of nitrogens with zero attached hydrogens (tertiary/aromatic N) is 5. The van der Waals surface area contributed by atoms with Gasteiger partial charge in [0.25, 0.3) is 0 Å². The Morgan fingerprint density at radius 3 is 2.54 bits per heavy atom. The second-order valence-electron chi connectivity index (χ2n) is 9.42. The van der Waals surface area contributed by atoms with Crippen LogP contribution in [0, 0.1) is 5.82 Å². The zero-order chi connectivity index (χ0) is 27.2. The van der Waals surface area contributed by atoms with Crippen LogP contribution < -0.4 is 10.1 Å². The number of methoxy groups -OCH3 is 1. The molecule has 0 spiro atoms. The van der Waals surface area contributed by atoms with Gasteiger partial charge >= 0.3 is 0 Å². The summed E-state index contributed by atoms with van der Waals surface area (Å²) in [6, 6.07) is 15.2. The van der Waals surface area contributed by atoms with E-state index in [4.69, 9.17) is 9.15 Å². The quantitative estimate of drug-likeness (QED) is 0.329. The standard InChI is InChI=1S/C28H29FN6O4/c1-38-23-14-10-20(11-15-23)27-31-33-35(32-27)18-25(36)34(17-24-7-4-16-39-24)26(19-8-12-21(29)13-9-19)28(37)30-22-5-2-3-6-22/h4,7-16,22,26H,2-3,5-6,17-18H2,1H3,(H,30,37)/t26-/m1/s1. The molecule has 2 amide bonds. The maximum Gasteiger partial charge on any atom is 0.247 e. The van der Waals surface area contributed by atoms with Gasteiger partial charge in [-0.3, -0.25) is 9.59 Å². The fourth-order valence-corrected chi connectivity index (χ4v) is 4.74. The van der Waals surface area contributed by atoms with Crippen molar-refractivity contribution in [3.63, 3.8) is 0 Å². The smallest absolute Gasteiger partial charge is 0.247 e. The van der Waals surface area contributed by atoms with E-state index in [1.165, 1.54) is 40.2 Å². The van der Waals surface area contributed by atoms with Crippen LogP contribution >= 0.6 is 0 Å². The van der Waals surface area contributed by atoms with Gasteiger partial charge in [-0.15, -0.1) is 10.2 Å². The average molecular weight is 533 g/mol. The number of carbonyl (C=O) groups is 2. The summed E-state index contributed by atoms with van der Waals surface area (Å²) in [5, 5.41) is 15.6. The van der Waals surface area contributed by atoms with Crippen molar-refractivity contribution < 1.29 is 23.1 Å². The van der Waals surface area contributed by atoms with Crippen molar-refractivity contribution in [1.82, 2.24) is 30.4 Å². The minimum Gasteiger partial charge on any atom is -0.497 e. The summed E-state index contributed by atoms with van der Waals surface area (Å²) in [4.78, 5) is 30.0. The highest BCUT2D eigenvalue weighted by Crippen LogP contribution is 2.27. The number of rotatable bonds is 10. The van der Waals surface area contributed by atoms with Gasteiger partial charge in [-0.05, 0) is 72.1 Å². The van der Waals surface area contributed by atoms with Crippen LogP contribution in [-0.2, 0) is 22.7 Å². The van der Waals surface area contributed by atoms with Crippen LogP contribution in [0.15, 0.2) is 71.3 Å². The van der Waals surface area contributed by atoms with Crippen LogP contribution in [0.2, 0.25) is 0 Å². The summed E-state index contributed by atoms with van der Waals surface area (Å²) in [6.45, 7) is -0.246. The van der Waals surface area contributed by atoms with Gasteiger partial charge in [0.2, 0.25) is 17.6 Å². The Balaban J connectivity index is 1.43. The molecule has 0 aliphatic heterocycles. The number of halogens is 1. The molecule has 2 aromatic carbocycles. The van der Waals surface area contributed by atoms with Crippen LogP contribution in [0.3, 0.4) is 0 Å². The van der Waals surface area contributed by atoms with Crippen molar-refractivity contribution in [2.75, 3.05) is 7.11 Å². The lowest BCUT2D eigenvalue weighted by atomic mass is 10.0. The van der Waals surface area contributed by atoms with Crippen LogP contribution in [0.4, 0.5) is 4.39 Å². The van der Waals surface area contributed by atoms with Crippen molar-refractivity contribution in [2.24, 2.45) is 0 Å². The van der Waals surface area contributed by atoms with E-state index in [9.17, 15) is 14.0 Å². The third-order valence-corrected chi connectivity index (χ3v) is 6.75. The molecule has 0 saturated heterocycles. The molecule has 4 aromatic rings. The molecule has 1 atom stereocenters. The first-order valence-corrected chi connectivity index (χ1v) is 12.8. The van der Waals surface area contributed by atoms with Crippen molar-refractivity contribution in [1.29, 1.82) is 0 Å². The van der Waals surface area contributed by atoms with Crippen LogP contribution in [0.5, 0.6) is 5.75 Å². The van der Waals surface area contributed by atoms with Crippen molar-refractivity contribution in [3.8, 4) is 17.1 Å². The molecule has 1 aliphatic rings. The highest BCUT2D eigenvalue weighted by molar-refractivity contribution is 5.88. The number of tetrazole rings is 1. The van der Waals surface area contributed by atoms with E-state index >= 15 is 0 Å². The molecule has 10 nitrogen and oxygen atoms in total. The molecular weight excluding hydrogens is 503 g/mol. The lowest BCUT2D eigenvalue weighted by Gasteiger charge is -2.31. The Morgan fingerprint density at radius 1 is 1.13 bits per heavy atom. The van der Waals surface area contributed by atoms with E-state index in [0.717, 1.165) is 25.7 Å². The molecule has 2 aromatic heterocycles. The molecule has 0 unspecified atom stereocenters. The molecule has 2 heterocycles. The van der Waals surface area contributed by atoms with Crippen molar-refractivity contribution in [3.05, 3.63) is 84.1 Å². The minimum atomic E-state index is -1.02. The van der Waals surface area contributed by atoms with Crippen LogP contribution in [0.1, 0.15) is 43.0 Å². The molecule has 0 radical (unpaired) electrons. The molecule has 202 valence electrons. The summed E-state index contributed by atoms with van der Waals surface area (Å²) >= 11 is 0. The van der Waals surface area contributed by atoms with Gasteiger partial charge in [0.05, 0.1) is 19.9 Å². The number of amides is 2. The SMILES string of the molecule is COc1ccc(-c2nnn(CC(=O)N(Cc3ccco3)[C@@H](C(=O)NC3CCCC3)c3ccc(F)cc3)n2)cc1. The molecular formula is C28H29FN6O4. The van der Waals surface area contributed by atoms with Gasteiger partial charge in [-0.2, -0.15) is 4.80 Å². The lowest BCUT2D eigenvalue weighted by molar-refractivity contribution is -0.143. The number of carbonyl (C=O) groups excluding carboxylic acids is 2. The first kappa shape index (κ1) is 26.1. The van der Waals surface area contributed by atoms with Gasteiger partial charge in [0, 0.05) is 11.6 Å². The number of hydrogen-bond acceptors (Lipinski definition) is 7. The molecule has 1 saturated carbocycles. The first-order valence-electron chi connectivity index (χ1n) is 12.8. The predicted octanol–water partition coefficient (Wildman–Crippen LogP) is 3.91. The van der Waals surface area contributed by atoms with E-state index in [-0.39, 0.29) is 25.0 Å².